The van der Waals surface area contributed by atoms with Crippen LogP contribution in [0.15, 0.2) is 77.8 Å². The molecule has 0 fully saturated rings. The fourth-order valence-electron chi connectivity index (χ4n) is 3.68. The summed E-state index contributed by atoms with van der Waals surface area (Å²) >= 11 is 0. The van der Waals surface area contributed by atoms with Crippen molar-refractivity contribution in [1.82, 2.24) is 4.57 Å². The van der Waals surface area contributed by atoms with Gasteiger partial charge < -0.3 is 9.47 Å². The summed E-state index contributed by atoms with van der Waals surface area (Å²) in [5.41, 5.74) is 6.91. The quantitative estimate of drug-likeness (QED) is 0.401. The van der Waals surface area contributed by atoms with Gasteiger partial charge in [-0.3, -0.25) is 4.99 Å². The van der Waals surface area contributed by atoms with Gasteiger partial charge in [0.25, 0.3) is 0 Å². The Hall–Kier alpha value is -3.33. The number of nitrogens with zero attached hydrogens (tertiary/aromatic N) is 3. The van der Waals surface area contributed by atoms with Gasteiger partial charge in [-0.05, 0) is 55.6 Å². The first-order valence-corrected chi connectivity index (χ1v) is 9.53. The van der Waals surface area contributed by atoms with Crippen molar-refractivity contribution in [3.05, 3.63) is 89.7 Å². The lowest BCUT2D eigenvalue weighted by Gasteiger charge is -2.14. The number of aryl methyl sites for hydroxylation is 1. The molecule has 0 aliphatic heterocycles. The van der Waals surface area contributed by atoms with Crippen LogP contribution in [-0.2, 0) is 0 Å². The topological polar surface area (TPSA) is 20.5 Å². The van der Waals surface area contributed by atoms with E-state index in [-0.39, 0.29) is 0 Å². The Balaban J connectivity index is 1.70. The lowest BCUT2D eigenvalue weighted by molar-refractivity contribution is 0.963. The average molecular weight is 367 g/mol. The molecule has 0 atom stereocenters. The predicted octanol–water partition coefficient (Wildman–Crippen LogP) is 6.06. The minimum Gasteiger partial charge on any atom is -0.378 e. The van der Waals surface area contributed by atoms with Crippen LogP contribution in [0.3, 0.4) is 0 Å². The van der Waals surface area contributed by atoms with Crippen LogP contribution in [0.2, 0.25) is 0 Å². The van der Waals surface area contributed by atoms with E-state index in [0.29, 0.717) is 0 Å². The first-order valence-electron chi connectivity index (χ1n) is 9.53. The summed E-state index contributed by atoms with van der Waals surface area (Å²) in [5.74, 6) is 0. The van der Waals surface area contributed by atoms with Crippen molar-refractivity contribution in [1.29, 1.82) is 0 Å². The van der Waals surface area contributed by atoms with Crippen molar-refractivity contribution < 1.29 is 0 Å². The molecular formula is C25H25N3. The molecule has 0 amide bonds. The molecule has 0 radical (unpaired) electrons. The van der Waals surface area contributed by atoms with Gasteiger partial charge in [-0.25, -0.2) is 0 Å². The maximum absolute atomic E-state index is 4.81. The maximum Gasteiger partial charge on any atom is 0.0708 e. The maximum atomic E-state index is 4.81. The van der Waals surface area contributed by atoms with E-state index in [4.69, 9.17) is 4.99 Å². The number of hydrogen-bond donors (Lipinski definition) is 0. The highest BCUT2D eigenvalue weighted by Gasteiger charge is 2.10. The van der Waals surface area contributed by atoms with Gasteiger partial charge in [0.2, 0.25) is 0 Å². The second-order valence-corrected chi connectivity index (χ2v) is 7.33. The van der Waals surface area contributed by atoms with Gasteiger partial charge in [0, 0.05) is 54.0 Å². The molecular weight excluding hydrogens is 342 g/mol. The van der Waals surface area contributed by atoms with Gasteiger partial charge in [-0.1, -0.05) is 36.4 Å². The summed E-state index contributed by atoms with van der Waals surface area (Å²) in [5, 5.41) is 2.39. The molecule has 4 aromatic rings. The van der Waals surface area contributed by atoms with Gasteiger partial charge in [0.1, 0.15) is 0 Å². The van der Waals surface area contributed by atoms with E-state index in [1.807, 2.05) is 6.21 Å². The molecule has 28 heavy (non-hydrogen) atoms. The Morgan fingerprint density at radius 1 is 0.857 bits per heavy atom. The van der Waals surface area contributed by atoms with E-state index in [2.05, 4.69) is 110 Å². The third kappa shape index (κ3) is 3.31. The Morgan fingerprint density at radius 2 is 1.57 bits per heavy atom. The van der Waals surface area contributed by atoms with Crippen LogP contribution in [0.5, 0.6) is 0 Å². The van der Waals surface area contributed by atoms with Crippen molar-refractivity contribution in [2.75, 3.05) is 19.0 Å². The second-order valence-electron chi connectivity index (χ2n) is 7.33. The molecule has 0 aliphatic carbocycles. The van der Waals surface area contributed by atoms with Gasteiger partial charge in [0.05, 0.1) is 5.69 Å². The van der Waals surface area contributed by atoms with E-state index >= 15 is 0 Å². The summed E-state index contributed by atoms with van der Waals surface area (Å²) in [7, 11) is 4.12. The first-order chi connectivity index (χ1) is 13.5. The predicted molar refractivity (Wildman–Crippen MR) is 121 cm³/mol. The number of hydrogen-bond acceptors (Lipinski definition) is 2. The van der Waals surface area contributed by atoms with Crippen molar-refractivity contribution >= 4 is 28.4 Å². The first kappa shape index (κ1) is 18.1. The molecule has 3 nitrogen and oxygen atoms in total. The van der Waals surface area contributed by atoms with E-state index < -0.39 is 0 Å². The second kappa shape index (κ2) is 7.35. The van der Waals surface area contributed by atoms with Gasteiger partial charge >= 0.3 is 0 Å². The van der Waals surface area contributed by atoms with E-state index in [1.165, 1.54) is 33.5 Å². The van der Waals surface area contributed by atoms with Crippen LogP contribution in [0.4, 0.5) is 11.4 Å². The molecule has 0 unspecified atom stereocenters. The monoisotopic (exact) mass is 367 g/mol. The van der Waals surface area contributed by atoms with Crippen LogP contribution in [0, 0.1) is 13.8 Å². The van der Waals surface area contributed by atoms with Crippen LogP contribution in [0.1, 0.15) is 17.0 Å². The fraction of sp³-hybridized carbons (Fsp3) is 0.160. The third-order valence-electron chi connectivity index (χ3n) is 5.20. The van der Waals surface area contributed by atoms with Gasteiger partial charge in [0.15, 0.2) is 0 Å². The van der Waals surface area contributed by atoms with E-state index in [9.17, 15) is 0 Å². The van der Waals surface area contributed by atoms with Crippen molar-refractivity contribution in [2.24, 2.45) is 4.99 Å². The lowest BCUT2D eigenvalue weighted by atomic mass is 10.1. The number of anilines is 1. The number of aromatic nitrogens is 1. The van der Waals surface area contributed by atoms with Crippen molar-refractivity contribution in [2.45, 2.75) is 13.8 Å². The molecule has 3 heteroatoms. The zero-order valence-corrected chi connectivity index (χ0v) is 16.8. The molecule has 3 aromatic carbocycles. The molecule has 0 N–H and O–H groups in total. The molecule has 0 bridgehead atoms. The van der Waals surface area contributed by atoms with E-state index in [1.54, 1.807) is 0 Å². The van der Waals surface area contributed by atoms with Crippen molar-refractivity contribution in [3.63, 3.8) is 0 Å². The van der Waals surface area contributed by atoms with Crippen LogP contribution in [0.25, 0.3) is 16.5 Å². The molecule has 0 saturated carbocycles. The summed E-state index contributed by atoms with van der Waals surface area (Å²) < 4.78 is 2.28. The highest BCUT2D eigenvalue weighted by Crippen LogP contribution is 2.27. The smallest absolute Gasteiger partial charge is 0.0708 e. The minimum absolute atomic E-state index is 0.998. The van der Waals surface area contributed by atoms with E-state index in [0.717, 1.165) is 11.3 Å². The standard InChI is InChI=1S/C25H25N3/c1-18-16-21(17-26-25-11-7-9-20-8-5-6-10-24(20)25)19(2)28(18)23-14-12-22(13-15-23)27(3)4/h5-17H,1-4H3. The lowest BCUT2D eigenvalue weighted by Crippen LogP contribution is -2.08. The Labute approximate surface area is 166 Å². The summed E-state index contributed by atoms with van der Waals surface area (Å²) in [6.45, 7) is 4.29. The molecule has 1 heterocycles. The van der Waals surface area contributed by atoms with Crippen LogP contribution >= 0.6 is 0 Å². The number of aliphatic imine (C=N–C) groups is 1. The number of rotatable bonds is 4. The zero-order chi connectivity index (χ0) is 19.7. The van der Waals surface area contributed by atoms with Gasteiger partial charge in [-0.15, -0.1) is 0 Å². The number of fused-ring (bicyclic) bond motifs is 1. The minimum atomic E-state index is 0.998. The van der Waals surface area contributed by atoms with Crippen LogP contribution in [-0.4, -0.2) is 24.9 Å². The molecule has 140 valence electrons. The van der Waals surface area contributed by atoms with Gasteiger partial charge in [-0.2, -0.15) is 0 Å². The Bertz CT molecular complexity index is 1140. The third-order valence-corrected chi connectivity index (χ3v) is 5.20. The molecule has 0 aliphatic rings. The fourth-order valence-corrected chi connectivity index (χ4v) is 3.68. The molecule has 0 spiro atoms. The zero-order valence-electron chi connectivity index (χ0n) is 16.8. The highest BCUT2D eigenvalue weighted by atomic mass is 15.1. The largest absolute Gasteiger partial charge is 0.378 e. The summed E-state index contributed by atoms with van der Waals surface area (Å²) in [6, 6.07) is 25.5. The summed E-state index contributed by atoms with van der Waals surface area (Å²) in [4.78, 5) is 6.92. The van der Waals surface area contributed by atoms with Crippen molar-refractivity contribution in [3.8, 4) is 5.69 Å². The molecule has 1 aromatic heterocycles. The molecule has 4 rings (SSSR count). The average Bonchev–Trinajstić information content (AvgIpc) is 2.99. The summed E-state index contributed by atoms with van der Waals surface area (Å²) in [6.07, 6.45) is 1.98. The molecule has 0 saturated heterocycles. The Morgan fingerprint density at radius 3 is 2.32 bits per heavy atom. The SMILES string of the molecule is Cc1cc(C=Nc2cccc3ccccc23)c(C)n1-c1ccc(N(C)C)cc1. The normalized spacial score (nSPS) is 11.4. The Kier molecular flexibility index (Phi) is 4.74. The number of benzene rings is 3. The van der Waals surface area contributed by atoms with Crippen LogP contribution < -0.4 is 4.90 Å². The highest BCUT2D eigenvalue weighted by molar-refractivity contribution is 5.95.